The van der Waals surface area contributed by atoms with Crippen LogP contribution in [0, 0.1) is 0 Å². The average molecular weight is 201 g/mol. The van der Waals surface area contributed by atoms with Crippen molar-refractivity contribution in [3.8, 4) is 0 Å². The Kier molecular flexibility index (Phi) is 3.30. The van der Waals surface area contributed by atoms with Crippen LogP contribution in [0.25, 0.3) is 6.08 Å². The number of halogens is 1. The number of alkyl halides is 1. The monoisotopic (exact) mass is 200 g/mol. The molecule has 1 aromatic heterocycles. The number of rotatable bonds is 3. The van der Waals surface area contributed by atoms with Gasteiger partial charge in [0, 0.05) is 10.9 Å². The van der Waals surface area contributed by atoms with Crippen molar-refractivity contribution >= 4 is 22.0 Å². The third-order valence-electron chi connectivity index (χ3n) is 1.13. The molecule has 0 radical (unpaired) electrons. The first-order chi connectivity index (χ1) is 4.93. The summed E-state index contributed by atoms with van der Waals surface area (Å²) in [6.45, 7) is 0. The van der Waals surface area contributed by atoms with Crippen LogP contribution >= 0.6 is 15.9 Å². The fraction of sp³-hybridized carbons (Fsp3) is 0.250. The van der Waals surface area contributed by atoms with Gasteiger partial charge in [0.25, 0.3) is 0 Å². The van der Waals surface area contributed by atoms with E-state index in [1.807, 2.05) is 12.1 Å². The molecule has 0 aliphatic carbocycles. The van der Waals surface area contributed by atoms with E-state index in [9.17, 15) is 0 Å². The fourth-order valence-electron chi connectivity index (χ4n) is 0.652. The Morgan fingerprint density at radius 3 is 3.10 bits per heavy atom. The molecule has 2 heteroatoms. The summed E-state index contributed by atoms with van der Waals surface area (Å²) >= 11 is 3.34. The first-order valence-electron chi connectivity index (χ1n) is 3.18. The van der Waals surface area contributed by atoms with Gasteiger partial charge in [-0.1, -0.05) is 28.1 Å². The highest BCUT2D eigenvalue weighted by Crippen LogP contribution is 2.03. The predicted octanol–water partition coefficient (Wildman–Crippen LogP) is 3.08. The first-order valence-corrected chi connectivity index (χ1v) is 4.30. The second-order valence-electron chi connectivity index (χ2n) is 1.94. The summed E-state index contributed by atoms with van der Waals surface area (Å²) < 4.78 is 4.88. The molecule has 0 fully saturated rings. The Morgan fingerprint density at radius 1 is 1.60 bits per heavy atom. The molecule has 0 unspecified atom stereocenters. The van der Waals surface area contributed by atoms with E-state index in [1.165, 1.54) is 0 Å². The van der Waals surface area contributed by atoms with E-state index in [2.05, 4.69) is 22.0 Å². The maximum Gasteiger partial charge on any atom is 0.0974 e. The van der Waals surface area contributed by atoms with Gasteiger partial charge in [0.05, 0.1) is 12.5 Å². The van der Waals surface area contributed by atoms with Gasteiger partial charge < -0.3 is 4.42 Å². The van der Waals surface area contributed by atoms with Crippen molar-refractivity contribution in [3.63, 3.8) is 0 Å². The molecule has 1 nitrogen and oxygen atoms in total. The van der Waals surface area contributed by atoms with E-state index in [4.69, 9.17) is 4.42 Å². The Bertz CT molecular complexity index is 189. The van der Waals surface area contributed by atoms with Gasteiger partial charge in [-0.05, 0) is 12.5 Å². The third-order valence-corrected chi connectivity index (χ3v) is 1.59. The molecule has 0 aliphatic rings. The highest BCUT2D eigenvalue weighted by molar-refractivity contribution is 9.09. The number of furan rings is 1. The Balaban J connectivity index is 2.40. The topological polar surface area (TPSA) is 13.1 Å². The Hall–Kier alpha value is -0.500. The van der Waals surface area contributed by atoms with Gasteiger partial charge in [0.2, 0.25) is 0 Å². The summed E-state index contributed by atoms with van der Waals surface area (Å²) in [6.07, 6.45) is 8.62. The van der Waals surface area contributed by atoms with Crippen LogP contribution in [0.4, 0.5) is 0 Å². The second-order valence-corrected chi connectivity index (χ2v) is 2.73. The molecule has 54 valence electrons. The van der Waals surface area contributed by atoms with Gasteiger partial charge in [-0.2, -0.15) is 0 Å². The molecular formula is C8H9BrO. The Morgan fingerprint density at radius 2 is 2.50 bits per heavy atom. The lowest BCUT2D eigenvalue weighted by Crippen LogP contribution is -1.65. The zero-order chi connectivity index (χ0) is 7.23. The van der Waals surface area contributed by atoms with Crippen molar-refractivity contribution in [3.05, 3.63) is 30.2 Å². The van der Waals surface area contributed by atoms with Crippen LogP contribution in [0.1, 0.15) is 12.0 Å². The van der Waals surface area contributed by atoms with Gasteiger partial charge in [-0.15, -0.1) is 0 Å². The quantitative estimate of drug-likeness (QED) is 0.685. The largest absolute Gasteiger partial charge is 0.472 e. The summed E-state index contributed by atoms with van der Waals surface area (Å²) in [4.78, 5) is 0. The van der Waals surface area contributed by atoms with Crippen LogP contribution in [0.2, 0.25) is 0 Å². The molecule has 0 aromatic carbocycles. The SMILES string of the molecule is BrCCC=Cc1ccoc1. The molecule has 10 heavy (non-hydrogen) atoms. The number of hydrogen-bond donors (Lipinski definition) is 0. The molecule has 1 aromatic rings. The summed E-state index contributed by atoms with van der Waals surface area (Å²) in [5.74, 6) is 0. The molecule has 1 heterocycles. The van der Waals surface area contributed by atoms with Crippen molar-refractivity contribution in [1.29, 1.82) is 0 Å². The minimum Gasteiger partial charge on any atom is -0.472 e. The molecule has 0 saturated heterocycles. The predicted molar refractivity (Wildman–Crippen MR) is 46.2 cm³/mol. The first kappa shape index (κ1) is 7.61. The van der Waals surface area contributed by atoms with E-state index in [0.29, 0.717) is 0 Å². The zero-order valence-electron chi connectivity index (χ0n) is 5.59. The molecule has 0 N–H and O–H groups in total. The minimum absolute atomic E-state index is 1.02. The summed E-state index contributed by atoms with van der Waals surface area (Å²) in [6, 6.07) is 1.94. The Labute approximate surface area is 68.9 Å². The van der Waals surface area contributed by atoms with Crippen molar-refractivity contribution < 1.29 is 4.42 Å². The molecule has 1 rings (SSSR count). The van der Waals surface area contributed by atoms with Gasteiger partial charge in [-0.3, -0.25) is 0 Å². The maximum atomic E-state index is 4.88. The van der Waals surface area contributed by atoms with Crippen molar-refractivity contribution in [2.45, 2.75) is 6.42 Å². The molecule has 0 saturated carbocycles. The van der Waals surface area contributed by atoms with E-state index >= 15 is 0 Å². The number of allylic oxidation sites excluding steroid dienone is 1. The highest BCUT2D eigenvalue weighted by atomic mass is 79.9. The number of hydrogen-bond acceptors (Lipinski definition) is 1. The smallest absolute Gasteiger partial charge is 0.0974 e. The lowest BCUT2D eigenvalue weighted by atomic mass is 10.3. The van der Waals surface area contributed by atoms with Crippen LogP contribution in [-0.2, 0) is 0 Å². The van der Waals surface area contributed by atoms with E-state index in [-0.39, 0.29) is 0 Å². The summed E-state index contributed by atoms with van der Waals surface area (Å²) in [5.41, 5.74) is 1.13. The summed E-state index contributed by atoms with van der Waals surface area (Å²) in [5, 5.41) is 1.02. The van der Waals surface area contributed by atoms with Gasteiger partial charge in [0.15, 0.2) is 0 Å². The molecule has 0 spiro atoms. The molecule has 0 bridgehead atoms. The van der Waals surface area contributed by atoms with Crippen molar-refractivity contribution in [2.75, 3.05) is 5.33 Å². The van der Waals surface area contributed by atoms with Gasteiger partial charge in [0.1, 0.15) is 0 Å². The normalized spacial score (nSPS) is 10.9. The molecule has 0 atom stereocenters. The lowest BCUT2D eigenvalue weighted by Gasteiger charge is -1.81. The highest BCUT2D eigenvalue weighted by Gasteiger charge is 1.83. The van der Waals surface area contributed by atoms with Crippen LogP contribution in [-0.4, -0.2) is 5.33 Å². The van der Waals surface area contributed by atoms with Gasteiger partial charge in [-0.25, -0.2) is 0 Å². The third kappa shape index (κ3) is 2.40. The standard InChI is InChI=1S/C8H9BrO/c9-5-2-1-3-8-4-6-10-7-8/h1,3-4,6-7H,2,5H2. The summed E-state index contributed by atoms with van der Waals surface area (Å²) in [7, 11) is 0. The average Bonchev–Trinajstić information content (AvgIpc) is 2.41. The van der Waals surface area contributed by atoms with Crippen molar-refractivity contribution in [1.82, 2.24) is 0 Å². The lowest BCUT2D eigenvalue weighted by molar-refractivity contribution is 0.567. The molecule has 0 amide bonds. The van der Waals surface area contributed by atoms with Crippen LogP contribution < -0.4 is 0 Å². The molecular weight excluding hydrogens is 192 g/mol. The van der Waals surface area contributed by atoms with Crippen LogP contribution in [0.15, 0.2) is 29.1 Å². The van der Waals surface area contributed by atoms with Gasteiger partial charge >= 0.3 is 0 Å². The molecule has 0 aliphatic heterocycles. The van der Waals surface area contributed by atoms with E-state index < -0.39 is 0 Å². The minimum atomic E-state index is 1.02. The maximum absolute atomic E-state index is 4.88. The fourth-order valence-corrected chi connectivity index (χ4v) is 0.917. The van der Waals surface area contributed by atoms with Crippen LogP contribution in [0.3, 0.4) is 0 Å². The zero-order valence-corrected chi connectivity index (χ0v) is 7.17. The van der Waals surface area contributed by atoms with E-state index in [0.717, 1.165) is 17.3 Å². The van der Waals surface area contributed by atoms with Crippen LogP contribution in [0.5, 0.6) is 0 Å². The second kappa shape index (κ2) is 4.34. The van der Waals surface area contributed by atoms with Crippen molar-refractivity contribution in [2.24, 2.45) is 0 Å². The van der Waals surface area contributed by atoms with E-state index in [1.54, 1.807) is 12.5 Å².